The number of nitrogens with zero attached hydrogens (tertiary/aromatic N) is 2. The fourth-order valence-corrected chi connectivity index (χ4v) is 3.25. The summed E-state index contributed by atoms with van der Waals surface area (Å²) in [5.74, 6) is -2.96. The third-order valence-electron chi connectivity index (χ3n) is 4.58. The van der Waals surface area contributed by atoms with Crippen LogP contribution in [0.25, 0.3) is 0 Å². The van der Waals surface area contributed by atoms with E-state index in [-0.39, 0.29) is 16.9 Å². The van der Waals surface area contributed by atoms with Crippen molar-refractivity contribution in [2.24, 2.45) is 5.92 Å². The Morgan fingerprint density at radius 3 is 2.34 bits per heavy atom. The smallest absolute Gasteiger partial charge is 0.256 e. The van der Waals surface area contributed by atoms with Crippen molar-refractivity contribution in [3.63, 3.8) is 0 Å². The molecule has 7 heteroatoms. The molecule has 0 unspecified atom stereocenters. The van der Waals surface area contributed by atoms with Gasteiger partial charge in [-0.15, -0.1) is 0 Å². The number of rotatable bonds is 5. The van der Waals surface area contributed by atoms with E-state index < -0.39 is 23.4 Å². The molecule has 1 N–H and O–H groups in total. The van der Waals surface area contributed by atoms with Crippen molar-refractivity contribution in [2.45, 2.75) is 20.8 Å². The van der Waals surface area contributed by atoms with Crippen molar-refractivity contribution in [3.05, 3.63) is 58.9 Å². The largest absolute Gasteiger partial charge is 0.350 e. The number of hydrogen-bond donors (Lipinski definition) is 1. The van der Waals surface area contributed by atoms with E-state index >= 15 is 0 Å². The molecule has 1 saturated heterocycles. The van der Waals surface area contributed by atoms with Crippen LogP contribution in [0.3, 0.4) is 0 Å². The van der Waals surface area contributed by atoms with Crippen LogP contribution < -0.4 is 5.32 Å². The van der Waals surface area contributed by atoms with Crippen molar-refractivity contribution in [1.82, 2.24) is 9.80 Å². The Kier molecular flexibility index (Phi) is 7.67. The third-order valence-corrected chi connectivity index (χ3v) is 4.58. The van der Waals surface area contributed by atoms with Crippen LogP contribution in [0, 0.1) is 30.3 Å². The molecule has 158 valence electrons. The zero-order valence-electron chi connectivity index (χ0n) is 17.5. The lowest BCUT2D eigenvalue weighted by atomic mass is 9.98. The first kappa shape index (κ1) is 22.7. The molecule has 0 spiro atoms. The maximum Gasteiger partial charge on any atom is 0.256 e. The van der Waals surface area contributed by atoms with Gasteiger partial charge in [0.2, 0.25) is 0 Å². The monoisotopic (exact) mass is 407 g/mol. The molecule has 0 saturated carbocycles. The van der Waals surface area contributed by atoms with E-state index in [1.165, 1.54) is 18.2 Å². The molecule has 0 atom stereocenters. The number of aryl methyl sites for hydroxylation is 1. The SMILES string of the molecule is CC.Cc1ccc(Nc2c(C(=O)N3CC(CN(C)C)C3)ccc(F)c2F)c(F)c1. The van der Waals surface area contributed by atoms with E-state index in [4.69, 9.17) is 0 Å². The van der Waals surface area contributed by atoms with Gasteiger partial charge in [-0.3, -0.25) is 4.79 Å². The summed E-state index contributed by atoms with van der Waals surface area (Å²) in [6, 6.07) is 6.50. The highest BCUT2D eigenvalue weighted by atomic mass is 19.2. The first-order valence-corrected chi connectivity index (χ1v) is 9.71. The summed E-state index contributed by atoms with van der Waals surface area (Å²) in [5, 5.41) is 2.56. The predicted molar refractivity (Wildman–Crippen MR) is 110 cm³/mol. The van der Waals surface area contributed by atoms with Gasteiger partial charge in [-0.05, 0) is 50.8 Å². The summed E-state index contributed by atoms with van der Waals surface area (Å²) in [7, 11) is 3.91. The number of likely N-dealkylation sites (tertiary alicyclic amines) is 1. The number of nitrogens with one attached hydrogen (secondary N) is 1. The van der Waals surface area contributed by atoms with Crippen molar-refractivity contribution in [1.29, 1.82) is 0 Å². The molecule has 2 aromatic carbocycles. The van der Waals surface area contributed by atoms with Crippen LogP contribution in [0.5, 0.6) is 0 Å². The lowest BCUT2D eigenvalue weighted by Crippen LogP contribution is -2.53. The van der Waals surface area contributed by atoms with E-state index in [2.05, 4.69) is 5.32 Å². The van der Waals surface area contributed by atoms with Gasteiger partial charge in [0.1, 0.15) is 5.82 Å². The van der Waals surface area contributed by atoms with Crippen LogP contribution in [0.1, 0.15) is 29.8 Å². The Labute approximate surface area is 170 Å². The van der Waals surface area contributed by atoms with Crippen molar-refractivity contribution in [2.75, 3.05) is 39.0 Å². The Balaban J connectivity index is 0.00000145. The summed E-state index contributed by atoms with van der Waals surface area (Å²) >= 11 is 0. The van der Waals surface area contributed by atoms with E-state index in [1.807, 2.05) is 32.8 Å². The molecule has 1 aliphatic heterocycles. The second kappa shape index (κ2) is 9.78. The second-order valence-electron chi connectivity index (χ2n) is 7.23. The van der Waals surface area contributed by atoms with Gasteiger partial charge >= 0.3 is 0 Å². The molecule has 0 aliphatic carbocycles. The molecular formula is C22H28F3N3O. The second-order valence-corrected chi connectivity index (χ2v) is 7.23. The standard InChI is InChI=1S/C20H22F3N3O.C2H6/c1-12-4-7-17(16(22)8-12)24-19-14(5-6-15(21)18(19)23)20(27)26-10-13(11-26)9-25(2)3;1-2/h4-8,13,24H,9-11H2,1-3H3;1-2H3. The van der Waals surface area contributed by atoms with Crippen molar-refractivity contribution >= 4 is 17.3 Å². The zero-order chi connectivity index (χ0) is 21.7. The lowest BCUT2D eigenvalue weighted by Gasteiger charge is -2.40. The fourth-order valence-electron chi connectivity index (χ4n) is 3.25. The molecule has 2 aromatic rings. The topological polar surface area (TPSA) is 35.6 Å². The highest BCUT2D eigenvalue weighted by molar-refractivity contribution is 6.01. The quantitative estimate of drug-likeness (QED) is 0.772. The molecular weight excluding hydrogens is 379 g/mol. The molecule has 1 heterocycles. The number of anilines is 2. The van der Waals surface area contributed by atoms with E-state index in [0.717, 1.165) is 12.6 Å². The molecule has 0 radical (unpaired) electrons. The van der Waals surface area contributed by atoms with Gasteiger partial charge in [0.15, 0.2) is 11.6 Å². The molecule has 3 rings (SSSR count). The van der Waals surface area contributed by atoms with Crippen LogP contribution in [0.4, 0.5) is 24.5 Å². The summed E-state index contributed by atoms with van der Waals surface area (Å²) < 4.78 is 42.3. The number of halogens is 3. The molecule has 0 bridgehead atoms. The Bertz CT molecular complexity index is 865. The number of benzene rings is 2. The van der Waals surface area contributed by atoms with Crippen LogP contribution >= 0.6 is 0 Å². The van der Waals surface area contributed by atoms with E-state index in [9.17, 15) is 18.0 Å². The Morgan fingerprint density at radius 1 is 1.10 bits per heavy atom. The van der Waals surface area contributed by atoms with Gasteiger partial charge in [0, 0.05) is 25.6 Å². The molecule has 0 aromatic heterocycles. The van der Waals surface area contributed by atoms with Crippen LogP contribution in [-0.2, 0) is 0 Å². The minimum absolute atomic E-state index is 0.0165. The van der Waals surface area contributed by atoms with Gasteiger partial charge in [0.25, 0.3) is 5.91 Å². The Hall–Kier alpha value is -2.54. The van der Waals surface area contributed by atoms with Crippen LogP contribution in [-0.4, -0.2) is 49.4 Å². The molecule has 29 heavy (non-hydrogen) atoms. The zero-order valence-corrected chi connectivity index (χ0v) is 17.5. The molecule has 1 amide bonds. The first-order valence-electron chi connectivity index (χ1n) is 9.71. The van der Waals surface area contributed by atoms with E-state index in [1.54, 1.807) is 17.9 Å². The third kappa shape index (κ3) is 5.29. The summed E-state index contributed by atoms with van der Waals surface area (Å²) in [6.45, 7) is 7.67. The summed E-state index contributed by atoms with van der Waals surface area (Å²) in [5.41, 5.74) is 0.311. The maximum atomic E-state index is 14.4. The summed E-state index contributed by atoms with van der Waals surface area (Å²) in [4.78, 5) is 16.4. The Morgan fingerprint density at radius 2 is 1.76 bits per heavy atom. The van der Waals surface area contributed by atoms with Gasteiger partial charge < -0.3 is 15.1 Å². The van der Waals surface area contributed by atoms with Crippen LogP contribution in [0.15, 0.2) is 30.3 Å². The lowest BCUT2D eigenvalue weighted by molar-refractivity contribution is 0.0451. The van der Waals surface area contributed by atoms with Gasteiger partial charge in [0.05, 0.1) is 16.9 Å². The predicted octanol–water partition coefficient (Wildman–Crippen LogP) is 4.82. The maximum absolute atomic E-state index is 14.4. The minimum Gasteiger partial charge on any atom is -0.350 e. The van der Waals surface area contributed by atoms with Crippen molar-refractivity contribution in [3.8, 4) is 0 Å². The average Bonchev–Trinajstić information content (AvgIpc) is 2.64. The average molecular weight is 407 g/mol. The van der Waals surface area contributed by atoms with Crippen LogP contribution in [0.2, 0.25) is 0 Å². The number of carbonyl (C=O) groups is 1. The number of hydrogen-bond acceptors (Lipinski definition) is 3. The van der Waals surface area contributed by atoms with Gasteiger partial charge in [-0.1, -0.05) is 19.9 Å². The minimum atomic E-state index is -1.20. The number of amides is 1. The number of carbonyl (C=O) groups excluding carboxylic acids is 1. The molecule has 1 aliphatic rings. The van der Waals surface area contributed by atoms with Gasteiger partial charge in [-0.2, -0.15) is 0 Å². The molecule has 1 fully saturated rings. The summed E-state index contributed by atoms with van der Waals surface area (Å²) in [6.07, 6.45) is 0. The van der Waals surface area contributed by atoms with Gasteiger partial charge in [-0.25, -0.2) is 13.2 Å². The highest BCUT2D eigenvalue weighted by Crippen LogP contribution is 2.30. The first-order chi connectivity index (χ1) is 13.8. The normalized spacial score (nSPS) is 13.6. The fraction of sp³-hybridized carbons (Fsp3) is 0.409. The molecule has 4 nitrogen and oxygen atoms in total. The highest BCUT2D eigenvalue weighted by Gasteiger charge is 2.33. The van der Waals surface area contributed by atoms with Crippen molar-refractivity contribution < 1.29 is 18.0 Å². The van der Waals surface area contributed by atoms with E-state index in [0.29, 0.717) is 24.6 Å².